The number of alkyl halides is 3. The molecule has 3 rings (SSSR count). The first-order valence-electron chi connectivity index (χ1n) is 7.33. The Kier molecular flexibility index (Phi) is 8.26. The average Bonchev–Trinajstić information content (AvgIpc) is 2.68. The summed E-state index contributed by atoms with van der Waals surface area (Å²) in [5.74, 6) is -3.01. The van der Waals surface area contributed by atoms with Crippen molar-refractivity contribution in [2.24, 2.45) is 5.73 Å². The number of nitrogens with zero attached hydrogens (tertiary/aromatic N) is 6. The summed E-state index contributed by atoms with van der Waals surface area (Å²) in [6.07, 6.45) is -2.07. The van der Waals surface area contributed by atoms with Crippen LogP contribution in [0.5, 0.6) is 5.88 Å². The van der Waals surface area contributed by atoms with Crippen LogP contribution in [-0.2, 0) is 6.18 Å². The van der Waals surface area contributed by atoms with E-state index in [1.807, 2.05) is 0 Å². The summed E-state index contributed by atoms with van der Waals surface area (Å²) in [4.78, 5) is 6.63. The Balaban J connectivity index is 0.000000355. The molecule has 0 radical (unpaired) electrons. The molecular weight excluding hydrogens is 420 g/mol. The molecular formula is C15H13ClF4N8O. The highest BCUT2D eigenvalue weighted by atomic mass is 35.5. The fourth-order valence-electron chi connectivity index (χ4n) is 1.78. The summed E-state index contributed by atoms with van der Waals surface area (Å²) in [5, 5.41) is 21.1. The number of amidine groups is 1. The van der Waals surface area contributed by atoms with E-state index in [4.69, 9.17) is 11.1 Å². The number of rotatable bonds is 3. The molecule has 3 heterocycles. The maximum Gasteiger partial charge on any atom is 0.426 e. The smallest absolute Gasteiger partial charge is 0.426 e. The van der Waals surface area contributed by atoms with E-state index in [-0.39, 0.29) is 29.8 Å². The molecule has 0 aromatic carbocycles. The number of nitrogens with two attached hydrogens (primary N) is 1. The normalized spacial score (nSPS) is 10.2. The maximum absolute atomic E-state index is 13.5. The summed E-state index contributed by atoms with van der Waals surface area (Å²) in [6.45, 7) is 0. The zero-order chi connectivity index (χ0) is 20.7. The number of nitrogen functional groups attached to an aromatic ring is 1. The van der Waals surface area contributed by atoms with Crippen LogP contribution in [0.2, 0.25) is 0 Å². The van der Waals surface area contributed by atoms with Crippen LogP contribution in [0.25, 0.3) is 11.5 Å². The van der Waals surface area contributed by atoms with Gasteiger partial charge in [0.1, 0.15) is 17.2 Å². The molecule has 0 unspecified atom stereocenters. The lowest BCUT2D eigenvalue weighted by molar-refractivity contribution is -0.142. The van der Waals surface area contributed by atoms with Crippen LogP contribution in [-0.4, -0.2) is 43.3 Å². The molecule has 3 N–H and O–H groups in total. The topological polar surface area (TPSA) is 136 Å². The lowest BCUT2D eigenvalue weighted by Gasteiger charge is -2.12. The van der Waals surface area contributed by atoms with Crippen molar-refractivity contribution >= 4 is 18.2 Å². The summed E-state index contributed by atoms with van der Waals surface area (Å²) >= 11 is 0. The zero-order valence-corrected chi connectivity index (χ0v) is 15.4. The van der Waals surface area contributed by atoms with Crippen molar-refractivity contribution in [3.63, 3.8) is 0 Å². The van der Waals surface area contributed by atoms with Crippen LogP contribution < -0.4 is 10.5 Å². The number of ether oxygens (including phenoxy) is 1. The van der Waals surface area contributed by atoms with Gasteiger partial charge in [-0.2, -0.15) is 37.7 Å². The van der Waals surface area contributed by atoms with Gasteiger partial charge in [0.25, 0.3) is 0 Å². The molecule has 154 valence electrons. The molecule has 3 aromatic rings. The molecule has 0 saturated heterocycles. The van der Waals surface area contributed by atoms with Gasteiger partial charge in [-0.25, -0.2) is 0 Å². The number of nitrogens with one attached hydrogen (secondary N) is 1. The summed E-state index contributed by atoms with van der Waals surface area (Å²) < 4.78 is 55.7. The van der Waals surface area contributed by atoms with Crippen molar-refractivity contribution in [3.05, 3.63) is 53.9 Å². The Morgan fingerprint density at radius 2 is 1.69 bits per heavy atom. The zero-order valence-electron chi connectivity index (χ0n) is 14.6. The third-order valence-electron chi connectivity index (χ3n) is 2.96. The van der Waals surface area contributed by atoms with Crippen molar-refractivity contribution in [2.75, 3.05) is 7.11 Å². The predicted octanol–water partition coefficient (Wildman–Crippen LogP) is 2.28. The third kappa shape index (κ3) is 6.27. The lowest BCUT2D eigenvalue weighted by Crippen LogP contribution is -2.14. The number of hydrogen-bond donors (Lipinski definition) is 2. The van der Waals surface area contributed by atoms with Crippen LogP contribution >= 0.6 is 12.4 Å². The SMILES string of the molecule is COc1nc(-c2cccnn2)nc(F)c1C(F)(F)F.Cl.N=C(N)c1cccnn1. The van der Waals surface area contributed by atoms with Gasteiger partial charge in [-0.1, -0.05) is 0 Å². The molecule has 0 bridgehead atoms. The van der Waals surface area contributed by atoms with Gasteiger partial charge in [0.2, 0.25) is 11.8 Å². The molecule has 0 amide bonds. The minimum atomic E-state index is -4.95. The van der Waals surface area contributed by atoms with Crippen molar-refractivity contribution in [2.45, 2.75) is 6.18 Å². The fourth-order valence-corrected chi connectivity index (χ4v) is 1.78. The second-order valence-corrected chi connectivity index (χ2v) is 4.85. The highest BCUT2D eigenvalue weighted by molar-refractivity contribution is 5.92. The van der Waals surface area contributed by atoms with Gasteiger partial charge in [0, 0.05) is 12.4 Å². The van der Waals surface area contributed by atoms with Gasteiger partial charge < -0.3 is 10.5 Å². The maximum atomic E-state index is 13.5. The van der Waals surface area contributed by atoms with Gasteiger partial charge >= 0.3 is 6.18 Å². The van der Waals surface area contributed by atoms with E-state index in [9.17, 15) is 17.6 Å². The summed E-state index contributed by atoms with van der Waals surface area (Å²) in [7, 11) is 0.956. The largest absolute Gasteiger partial charge is 0.480 e. The Bertz CT molecular complexity index is 944. The predicted molar refractivity (Wildman–Crippen MR) is 94.9 cm³/mol. The second-order valence-electron chi connectivity index (χ2n) is 4.85. The molecule has 14 heteroatoms. The fraction of sp³-hybridized carbons (Fsp3) is 0.133. The summed E-state index contributed by atoms with van der Waals surface area (Å²) in [6, 6.07) is 6.17. The number of hydrogen-bond acceptors (Lipinski definition) is 8. The van der Waals surface area contributed by atoms with Crippen molar-refractivity contribution in [3.8, 4) is 17.4 Å². The Morgan fingerprint density at radius 1 is 1.07 bits per heavy atom. The monoisotopic (exact) mass is 432 g/mol. The highest BCUT2D eigenvalue weighted by Gasteiger charge is 2.40. The molecule has 0 spiro atoms. The first-order chi connectivity index (χ1) is 13.2. The van der Waals surface area contributed by atoms with E-state index < -0.39 is 23.6 Å². The van der Waals surface area contributed by atoms with Crippen LogP contribution in [0, 0.1) is 11.4 Å². The Labute approximate surface area is 167 Å². The van der Waals surface area contributed by atoms with Crippen LogP contribution in [0.4, 0.5) is 17.6 Å². The minimum Gasteiger partial charge on any atom is -0.480 e. The molecule has 0 saturated carbocycles. The Morgan fingerprint density at radius 3 is 2.10 bits per heavy atom. The molecule has 3 aromatic heterocycles. The highest BCUT2D eigenvalue weighted by Crippen LogP contribution is 2.37. The molecule has 0 atom stereocenters. The average molecular weight is 433 g/mol. The molecule has 0 aliphatic heterocycles. The number of methoxy groups -OCH3 is 1. The van der Waals surface area contributed by atoms with Gasteiger partial charge in [-0.3, -0.25) is 5.41 Å². The van der Waals surface area contributed by atoms with E-state index in [0.717, 1.165) is 7.11 Å². The third-order valence-corrected chi connectivity index (χ3v) is 2.96. The number of aromatic nitrogens is 6. The van der Waals surface area contributed by atoms with E-state index in [0.29, 0.717) is 5.69 Å². The van der Waals surface area contributed by atoms with Crippen molar-refractivity contribution in [1.29, 1.82) is 5.41 Å². The van der Waals surface area contributed by atoms with Crippen LogP contribution in [0.1, 0.15) is 11.3 Å². The van der Waals surface area contributed by atoms with Gasteiger partial charge in [-0.05, 0) is 24.3 Å². The second kappa shape index (κ2) is 10.2. The van der Waals surface area contributed by atoms with Gasteiger partial charge in [-0.15, -0.1) is 22.6 Å². The minimum absolute atomic E-state index is 0. The standard InChI is InChI=1S/C10H6F4N4O.C5H6N4.ClH/c1-19-9-6(10(12,13)14)7(11)16-8(17-9)5-3-2-4-15-18-5;6-5(7)4-2-1-3-8-9-4;/h2-4H,1H3;1-3H,(H3,6,7);1H. The molecule has 0 aliphatic rings. The first-order valence-corrected chi connectivity index (χ1v) is 7.33. The van der Waals surface area contributed by atoms with E-state index in [1.54, 1.807) is 12.1 Å². The summed E-state index contributed by atoms with van der Waals surface area (Å²) in [5.41, 5.74) is 3.89. The first kappa shape index (κ1) is 23.6. The molecule has 0 fully saturated rings. The molecule has 29 heavy (non-hydrogen) atoms. The van der Waals surface area contributed by atoms with Crippen molar-refractivity contribution < 1.29 is 22.3 Å². The lowest BCUT2D eigenvalue weighted by atomic mass is 10.3. The van der Waals surface area contributed by atoms with E-state index >= 15 is 0 Å². The number of halogens is 5. The Hall–Kier alpha value is -3.48. The molecule has 0 aliphatic carbocycles. The van der Waals surface area contributed by atoms with E-state index in [2.05, 4.69) is 35.1 Å². The van der Waals surface area contributed by atoms with Gasteiger partial charge in [0.15, 0.2) is 11.4 Å². The molecule has 9 nitrogen and oxygen atoms in total. The van der Waals surface area contributed by atoms with Crippen molar-refractivity contribution in [1.82, 2.24) is 30.4 Å². The van der Waals surface area contributed by atoms with Crippen LogP contribution in [0.3, 0.4) is 0 Å². The quantitative estimate of drug-likeness (QED) is 0.278. The van der Waals surface area contributed by atoms with E-state index in [1.165, 1.54) is 24.5 Å². The van der Waals surface area contributed by atoms with Gasteiger partial charge in [0.05, 0.1) is 7.11 Å². The van der Waals surface area contributed by atoms with Crippen LogP contribution in [0.15, 0.2) is 36.7 Å².